The molecular formula is C27H34FN3O3. The molecular weight excluding hydrogens is 433 g/mol. The van der Waals surface area contributed by atoms with Gasteiger partial charge >= 0.3 is 0 Å². The Kier molecular flexibility index (Phi) is 9.39. The Labute approximate surface area is 201 Å². The highest BCUT2D eigenvalue weighted by molar-refractivity contribution is 5.43. The van der Waals surface area contributed by atoms with Gasteiger partial charge in [0.2, 0.25) is 5.88 Å². The van der Waals surface area contributed by atoms with E-state index in [0.717, 1.165) is 23.4 Å². The molecule has 0 saturated heterocycles. The molecule has 1 N–H and O–H groups in total. The van der Waals surface area contributed by atoms with Crippen molar-refractivity contribution in [1.29, 1.82) is 0 Å². The Hall–Kier alpha value is -3.00. The standard InChI is InChI=1S/C27H34FN3O3/c1-5-15-33-19-24(32)17-30(20(3)6-2)18-26-21(4)29-31(23-12-8-7-9-13-23)27(26)34-25-14-10-11-22(28)16-25/h5,7-14,16,20,24,32H,1,6,15,17-19H2,2-4H3/t20-,24+/m0/s1. The van der Waals surface area contributed by atoms with Crippen LogP contribution in [0, 0.1) is 12.7 Å². The first-order valence-electron chi connectivity index (χ1n) is 11.6. The maximum Gasteiger partial charge on any atom is 0.227 e. The van der Waals surface area contributed by atoms with Gasteiger partial charge in [0.05, 0.1) is 36.3 Å². The van der Waals surface area contributed by atoms with Crippen LogP contribution in [0.5, 0.6) is 11.6 Å². The molecule has 0 bridgehead atoms. The number of aromatic nitrogens is 2. The van der Waals surface area contributed by atoms with Crippen molar-refractivity contribution in [1.82, 2.24) is 14.7 Å². The molecule has 3 aromatic rings. The van der Waals surface area contributed by atoms with Gasteiger partial charge in [-0.25, -0.2) is 9.07 Å². The lowest BCUT2D eigenvalue weighted by Gasteiger charge is -2.30. The highest BCUT2D eigenvalue weighted by Crippen LogP contribution is 2.32. The summed E-state index contributed by atoms with van der Waals surface area (Å²) < 4.78 is 27.3. The molecule has 0 amide bonds. The summed E-state index contributed by atoms with van der Waals surface area (Å²) in [5.41, 5.74) is 2.53. The molecule has 0 saturated carbocycles. The molecule has 3 rings (SSSR count). The summed E-state index contributed by atoms with van der Waals surface area (Å²) >= 11 is 0. The highest BCUT2D eigenvalue weighted by atomic mass is 19.1. The van der Waals surface area contributed by atoms with E-state index in [1.807, 2.05) is 37.3 Å². The van der Waals surface area contributed by atoms with Gasteiger partial charge in [0, 0.05) is 25.2 Å². The van der Waals surface area contributed by atoms with Gasteiger partial charge in [-0.2, -0.15) is 5.10 Å². The van der Waals surface area contributed by atoms with Crippen LogP contribution in [0.25, 0.3) is 5.69 Å². The van der Waals surface area contributed by atoms with Gasteiger partial charge in [-0.05, 0) is 44.5 Å². The third-order valence-electron chi connectivity index (χ3n) is 5.72. The summed E-state index contributed by atoms with van der Waals surface area (Å²) in [5, 5.41) is 15.3. The Balaban J connectivity index is 1.96. The third-order valence-corrected chi connectivity index (χ3v) is 5.72. The van der Waals surface area contributed by atoms with Gasteiger partial charge in [0.1, 0.15) is 11.6 Å². The predicted molar refractivity (Wildman–Crippen MR) is 132 cm³/mol. The van der Waals surface area contributed by atoms with E-state index >= 15 is 0 Å². The molecule has 0 spiro atoms. The quantitative estimate of drug-likeness (QED) is 0.274. The first kappa shape index (κ1) is 25.6. The minimum Gasteiger partial charge on any atom is -0.438 e. The summed E-state index contributed by atoms with van der Waals surface area (Å²) in [6, 6.07) is 16.0. The van der Waals surface area contributed by atoms with Crippen LogP contribution < -0.4 is 4.74 Å². The van der Waals surface area contributed by atoms with E-state index in [1.165, 1.54) is 12.1 Å². The average Bonchev–Trinajstić information content (AvgIpc) is 3.13. The molecule has 1 heterocycles. The van der Waals surface area contributed by atoms with Crippen LogP contribution in [-0.4, -0.2) is 51.7 Å². The number of benzene rings is 2. The fourth-order valence-electron chi connectivity index (χ4n) is 3.68. The average molecular weight is 468 g/mol. The summed E-state index contributed by atoms with van der Waals surface area (Å²) in [6.45, 7) is 11.4. The van der Waals surface area contributed by atoms with Gasteiger partial charge in [-0.1, -0.05) is 37.3 Å². The zero-order valence-corrected chi connectivity index (χ0v) is 20.2. The van der Waals surface area contributed by atoms with Crippen LogP contribution in [0.1, 0.15) is 31.5 Å². The molecule has 2 atom stereocenters. The summed E-state index contributed by atoms with van der Waals surface area (Å²) in [7, 11) is 0. The monoisotopic (exact) mass is 467 g/mol. The normalized spacial score (nSPS) is 13.1. The number of aryl methyl sites for hydroxylation is 1. The number of aliphatic hydroxyl groups excluding tert-OH is 1. The van der Waals surface area contributed by atoms with Crippen LogP contribution in [0.3, 0.4) is 0 Å². The van der Waals surface area contributed by atoms with Crippen molar-refractivity contribution < 1.29 is 19.0 Å². The largest absolute Gasteiger partial charge is 0.438 e. The number of ether oxygens (including phenoxy) is 2. The third kappa shape index (κ3) is 6.76. The van der Waals surface area contributed by atoms with Gasteiger partial charge in [0.15, 0.2) is 0 Å². The SMILES string of the molecule is C=CCOC[C@H](O)CN(Cc1c(C)nn(-c2ccccc2)c1Oc1cccc(F)c1)[C@@H](C)CC. The zero-order valence-electron chi connectivity index (χ0n) is 20.2. The second-order valence-corrected chi connectivity index (χ2v) is 8.34. The Morgan fingerprint density at radius 3 is 2.65 bits per heavy atom. The fourth-order valence-corrected chi connectivity index (χ4v) is 3.68. The molecule has 0 fully saturated rings. The van der Waals surface area contributed by atoms with Gasteiger partial charge in [0.25, 0.3) is 0 Å². The van der Waals surface area contributed by atoms with E-state index in [1.54, 1.807) is 22.9 Å². The number of hydrogen-bond acceptors (Lipinski definition) is 5. The molecule has 34 heavy (non-hydrogen) atoms. The molecule has 7 heteroatoms. The minimum atomic E-state index is -0.647. The Bertz CT molecular complexity index is 1050. The first-order chi connectivity index (χ1) is 16.4. The van der Waals surface area contributed by atoms with Gasteiger partial charge in [-0.3, -0.25) is 4.90 Å². The van der Waals surface area contributed by atoms with Crippen molar-refractivity contribution in [2.24, 2.45) is 0 Å². The smallest absolute Gasteiger partial charge is 0.227 e. The maximum atomic E-state index is 13.9. The molecule has 0 aliphatic carbocycles. The van der Waals surface area contributed by atoms with Crippen molar-refractivity contribution in [3.8, 4) is 17.3 Å². The number of nitrogens with zero attached hydrogens (tertiary/aromatic N) is 3. The molecule has 0 aliphatic heterocycles. The second kappa shape index (κ2) is 12.5. The first-order valence-corrected chi connectivity index (χ1v) is 11.6. The van der Waals surface area contributed by atoms with Gasteiger partial charge in [-0.15, -0.1) is 6.58 Å². The van der Waals surface area contributed by atoms with Crippen molar-refractivity contribution >= 4 is 0 Å². The molecule has 0 aliphatic rings. The molecule has 182 valence electrons. The van der Waals surface area contributed by atoms with E-state index in [-0.39, 0.29) is 18.5 Å². The maximum absolute atomic E-state index is 13.9. The van der Waals surface area contributed by atoms with E-state index in [9.17, 15) is 9.50 Å². The van der Waals surface area contributed by atoms with E-state index in [0.29, 0.717) is 31.3 Å². The van der Waals surface area contributed by atoms with E-state index < -0.39 is 6.10 Å². The second-order valence-electron chi connectivity index (χ2n) is 8.34. The number of halogens is 1. The van der Waals surface area contributed by atoms with Crippen molar-refractivity contribution in [3.05, 3.63) is 84.3 Å². The Morgan fingerprint density at radius 2 is 1.97 bits per heavy atom. The topological polar surface area (TPSA) is 59.8 Å². The lowest BCUT2D eigenvalue weighted by atomic mass is 10.1. The number of rotatable bonds is 13. The van der Waals surface area contributed by atoms with E-state index in [2.05, 4.69) is 25.3 Å². The predicted octanol–water partition coefficient (Wildman–Crippen LogP) is 5.28. The van der Waals surface area contributed by atoms with Crippen LogP contribution in [-0.2, 0) is 11.3 Å². The van der Waals surface area contributed by atoms with Crippen molar-refractivity contribution in [2.45, 2.75) is 45.9 Å². The summed E-state index contributed by atoms with van der Waals surface area (Å²) in [6.07, 6.45) is 1.92. The number of aliphatic hydroxyl groups is 1. The molecule has 6 nitrogen and oxygen atoms in total. The molecule has 1 aromatic heterocycles. The Morgan fingerprint density at radius 1 is 1.21 bits per heavy atom. The van der Waals surface area contributed by atoms with Gasteiger partial charge < -0.3 is 14.6 Å². The number of para-hydroxylation sites is 1. The lowest BCUT2D eigenvalue weighted by molar-refractivity contribution is 0.0155. The van der Waals surface area contributed by atoms with Crippen LogP contribution in [0.2, 0.25) is 0 Å². The summed E-state index contributed by atoms with van der Waals surface area (Å²) in [4.78, 5) is 2.19. The lowest BCUT2D eigenvalue weighted by Crippen LogP contribution is -2.40. The molecule has 0 unspecified atom stereocenters. The molecule has 2 aromatic carbocycles. The highest BCUT2D eigenvalue weighted by Gasteiger charge is 2.24. The van der Waals surface area contributed by atoms with Crippen molar-refractivity contribution in [3.63, 3.8) is 0 Å². The van der Waals surface area contributed by atoms with E-state index in [4.69, 9.17) is 14.6 Å². The van der Waals surface area contributed by atoms with Crippen LogP contribution in [0.4, 0.5) is 4.39 Å². The van der Waals surface area contributed by atoms with Crippen molar-refractivity contribution in [2.75, 3.05) is 19.8 Å². The summed E-state index contributed by atoms with van der Waals surface area (Å²) in [5.74, 6) is 0.553. The van der Waals surface area contributed by atoms with Crippen LogP contribution >= 0.6 is 0 Å². The molecule has 0 radical (unpaired) electrons. The number of hydrogen-bond donors (Lipinski definition) is 1. The zero-order chi connectivity index (χ0) is 24.5. The minimum absolute atomic E-state index is 0.204. The fraction of sp³-hybridized carbons (Fsp3) is 0.370. The van der Waals surface area contributed by atoms with Crippen LogP contribution in [0.15, 0.2) is 67.3 Å².